The largest absolute Gasteiger partial charge is 0.513 e. The first kappa shape index (κ1) is 14.9. The summed E-state index contributed by atoms with van der Waals surface area (Å²) in [7, 11) is 0. The van der Waals surface area contributed by atoms with Gasteiger partial charge in [-0.2, -0.15) is 0 Å². The zero-order valence-corrected chi connectivity index (χ0v) is 9.38. The molecular formula is C10H14O7. The third kappa shape index (κ3) is 10.2. The molecule has 0 aromatic heterocycles. The van der Waals surface area contributed by atoms with Crippen LogP contribution in [0.4, 0.5) is 9.59 Å². The summed E-state index contributed by atoms with van der Waals surface area (Å²) in [5.74, 6) is -1.16. The van der Waals surface area contributed by atoms with Gasteiger partial charge in [0.2, 0.25) is 0 Å². The van der Waals surface area contributed by atoms with Crippen LogP contribution in [0.1, 0.15) is 26.2 Å². The van der Waals surface area contributed by atoms with E-state index in [-0.39, 0.29) is 6.61 Å². The zero-order valence-electron chi connectivity index (χ0n) is 9.38. The van der Waals surface area contributed by atoms with Crippen molar-refractivity contribution in [3.8, 4) is 0 Å². The Labute approximate surface area is 98.0 Å². The van der Waals surface area contributed by atoms with E-state index in [1.54, 1.807) is 0 Å². The molecule has 0 aliphatic heterocycles. The van der Waals surface area contributed by atoms with Crippen LogP contribution in [-0.4, -0.2) is 30.0 Å². The number of unbranched alkanes of at least 4 members (excludes halogenated alkanes) is 2. The Bertz CT molecular complexity index is 295. The fourth-order valence-corrected chi connectivity index (χ4v) is 0.807. The van der Waals surface area contributed by atoms with Crippen LogP contribution in [0.25, 0.3) is 0 Å². The molecule has 0 saturated carbocycles. The minimum absolute atomic E-state index is 0.236. The van der Waals surface area contributed by atoms with E-state index in [0.717, 1.165) is 19.3 Å². The molecule has 0 heterocycles. The molecule has 0 unspecified atom stereocenters. The molecule has 0 fully saturated rings. The van der Waals surface area contributed by atoms with Crippen molar-refractivity contribution in [1.29, 1.82) is 0 Å². The van der Waals surface area contributed by atoms with Crippen molar-refractivity contribution in [3.05, 3.63) is 12.3 Å². The summed E-state index contributed by atoms with van der Waals surface area (Å²) < 4.78 is 12.7. The van der Waals surface area contributed by atoms with Crippen molar-refractivity contribution in [1.82, 2.24) is 0 Å². The Morgan fingerprint density at radius 2 is 1.94 bits per heavy atom. The molecule has 7 heteroatoms. The average molecular weight is 246 g/mol. The van der Waals surface area contributed by atoms with Gasteiger partial charge < -0.3 is 19.3 Å². The molecule has 0 saturated heterocycles. The van der Waals surface area contributed by atoms with Gasteiger partial charge in [-0.25, -0.2) is 14.4 Å². The minimum Gasteiger partial charge on any atom is -0.449 e. The van der Waals surface area contributed by atoms with Crippen molar-refractivity contribution in [2.75, 3.05) is 6.61 Å². The Morgan fingerprint density at radius 3 is 2.53 bits per heavy atom. The highest BCUT2D eigenvalue weighted by Gasteiger charge is 2.05. The Morgan fingerprint density at radius 1 is 1.24 bits per heavy atom. The van der Waals surface area contributed by atoms with Crippen LogP contribution in [0.2, 0.25) is 0 Å². The topological polar surface area (TPSA) is 99.1 Å². The van der Waals surface area contributed by atoms with Crippen molar-refractivity contribution < 1.29 is 33.7 Å². The van der Waals surface area contributed by atoms with Crippen LogP contribution in [0.5, 0.6) is 0 Å². The lowest BCUT2D eigenvalue weighted by atomic mass is 10.3. The number of carbonyl (C=O) groups is 3. The molecule has 0 aromatic carbocycles. The molecule has 17 heavy (non-hydrogen) atoms. The second-order valence-corrected chi connectivity index (χ2v) is 2.91. The summed E-state index contributed by atoms with van der Waals surface area (Å²) in [4.78, 5) is 31.4. The van der Waals surface area contributed by atoms with Crippen molar-refractivity contribution in [2.45, 2.75) is 26.2 Å². The summed E-state index contributed by atoms with van der Waals surface area (Å²) in [6.07, 6.45) is 1.33. The number of rotatable bonds is 6. The van der Waals surface area contributed by atoms with Gasteiger partial charge in [-0.1, -0.05) is 19.8 Å². The first-order valence-electron chi connectivity index (χ1n) is 5.01. The average Bonchev–Trinajstić information content (AvgIpc) is 2.23. The quantitative estimate of drug-likeness (QED) is 0.252. The molecule has 0 aliphatic rings. The van der Waals surface area contributed by atoms with E-state index in [2.05, 4.69) is 14.2 Å². The number of ether oxygens (including phenoxy) is 3. The second kappa shape index (κ2) is 9.20. The van der Waals surface area contributed by atoms with Crippen LogP contribution in [0, 0.1) is 0 Å². The first-order chi connectivity index (χ1) is 8.06. The van der Waals surface area contributed by atoms with E-state index in [1.807, 2.05) is 6.92 Å². The predicted octanol–water partition coefficient (Wildman–Crippen LogP) is 2.06. The zero-order chi connectivity index (χ0) is 13.1. The number of carboxylic acid groups (broad SMARTS) is 1. The molecular weight excluding hydrogens is 232 g/mol. The summed E-state index contributed by atoms with van der Waals surface area (Å²) in [6, 6.07) is 0. The maximum absolute atomic E-state index is 10.8. The normalized spacial score (nSPS) is 9.94. The van der Waals surface area contributed by atoms with Crippen LogP contribution in [0.3, 0.4) is 0 Å². The highest BCUT2D eigenvalue weighted by molar-refractivity contribution is 5.89. The molecule has 0 spiro atoms. The smallest absolute Gasteiger partial charge is 0.449 e. The number of hydrogen-bond acceptors (Lipinski definition) is 6. The maximum Gasteiger partial charge on any atom is 0.513 e. The summed E-state index contributed by atoms with van der Waals surface area (Å²) in [5.41, 5.74) is 0. The standard InChI is InChI=1S/C10H14O7/c1-2-3-4-6-15-10(14)16-7-5-8(11)17-9(12)13/h5,7H,2-4,6H2,1H3,(H,12,13). The predicted molar refractivity (Wildman–Crippen MR) is 55.2 cm³/mol. The van der Waals surface area contributed by atoms with E-state index in [9.17, 15) is 14.4 Å². The van der Waals surface area contributed by atoms with E-state index in [1.165, 1.54) is 0 Å². The lowest BCUT2D eigenvalue weighted by Crippen LogP contribution is -2.08. The molecule has 0 aliphatic carbocycles. The first-order valence-corrected chi connectivity index (χ1v) is 5.01. The van der Waals surface area contributed by atoms with Crippen LogP contribution < -0.4 is 0 Å². The monoisotopic (exact) mass is 246 g/mol. The summed E-state index contributed by atoms with van der Waals surface area (Å²) >= 11 is 0. The van der Waals surface area contributed by atoms with Crippen LogP contribution >= 0.6 is 0 Å². The molecule has 0 bridgehead atoms. The minimum atomic E-state index is -1.73. The SMILES string of the molecule is CCCCCOC(=O)OC=CC(=O)OC(=O)O. The molecule has 1 N–H and O–H groups in total. The van der Waals surface area contributed by atoms with Gasteiger partial charge in [-0.05, 0) is 6.42 Å². The third-order valence-corrected chi connectivity index (χ3v) is 1.52. The van der Waals surface area contributed by atoms with Gasteiger partial charge in [0.25, 0.3) is 0 Å². The van der Waals surface area contributed by atoms with Crippen molar-refractivity contribution in [2.24, 2.45) is 0 Å². The van der Waals surface area contributed by atoms with Gasteiger partial charge in [0.1, 0.15) is 6.26 Å². The Balaban J connectivity index is 3.65. The van der Waals surface area contributed by atoms with E-state index in [4.69, 9.17) is 5.11 Å². The van der Waals surface area contributed by atoms with Gasteiger partial charge in [0.05, 0.1) is 12.7 Å². The molecule has 0 atom stereocenters. The summed E-state index contributed by atoms with van der Waals surface area (Å²) in [5, 5.41) is 8.05. The fraction of sp³-hybridized carbons (Fsp3) is 0.500. The van der Waals surface area contributed by atoms with Crippen LogP contribution in [0.15, 0.2) is 12.3 Å². The second-order valence-electron chi connectivity index (χ2n) is 2.91. The number of hydrogen-bond donors (Lipinski definition) is 1. The highest BCUT2D eigenvalue weighted by atomic mass is 16.7. The van der Waals surface area contributed by atoms with Gasteiger partial charge in [-0.15, -0.1) is 0 Å². The third-order valence-electron chi connectivity index (χ3n) is 1.52. The number of carbonyl (C=O) groups excluding carboxylic acids is 2. The lowest BCUT2D eigenvalue weighted by Gasteiger charge is -2.01. The highest BCUT2D eigenvalue weighted by Crippen LogP contribution is 1.96. The van der Waals surface area contributed by atoms with E-state index in [0.29, 0.717) is 12.3 Å². The molecule has 96 valence electrons. The van der Waals surface area contributed by atoms with Gasteiger partial charge in [0.15, 0.2) is 0 Å². The van der Waals surface area contributed by atoms with Crippen molar-refractivity contribution >= 4 is 18.3 Å². The fourth-order valence-electron chi connectivity index (χ4n) is 0.807. The molecule has 0 rings (SSSR count). The van der Waals surface area contributed by atoms with Crippen molar-refractivity contribution in [3.63, 3.8) is 0 Å². The lowest BCUT2D eigenvalue weighted by molar-refractivity contribution is -0.133. The van der Waals surface area contributed by atoms with E-state index >= 15 is 0 Å². The summed E-state index contributed by atoms with van der Waals surface area (Å²) in [6.45, 7) is 2.25. The Hall–Kier alpha value is -2.05. The molecule has 7 nitrogen and oxygen atoms in total. The molecule has 0 aromatic rings. The van der Waals surface area contributed by atoms with Gasteiger partial charge >= 0.3 is 18.3 Å². The maximum atomic E-state index is 10.8. The van der Waals surface area contributed by atoms with Gasteiger partial charge in [0, 0.05) is 0 Å². The molecule has 0 radical (unpaired) electrons. The van der Waals surface area contributed by atoms with Gasteiger partial charge in [-0.3, -0.25) is 0 Å². The van der Waals surface area contributed by atoms with E-state index < -0.39 is 18.3 Å². The molecule has 0 amide bonds. The Kier molecular flexibility index (Phi) is 8.09. The van der Waals surface area contributed by atoms with Crippen LogP contribution in [-0.2, 0) is 19.0 Å². The number of esters is 1.